The lowest BCUT2D eigenvalue weighted by Crippen LogP contribution is -2.77. The van der Waals surface area contributed by atoms with Gasteiger partial charge in [-0.25, -0.2) is 0 Å². The van der Waals surface area contributed by atoms with Gasteiger partial charge in [-0.2, -0.15) is 0 Å². The van der Waals surface area contributed by atoms with Crippen LogP contribution >= 0.6 is 0 Å². The van der Waals surface area contributed by atoms with Crippen LogP contribution in [0.3, 0.4) is 0 Å². The third kappa shape index (κ3) is 2.90. The molecule has 37 heavy (non-hydrogen) atoms. The molecule has 2 saturated carbocycles. The minimum atomic E-state index is -2.57. The van der Waals surface area contributed by atoms with Crippen LogP contribution in [0, 0.1) is 23.7 Å². The summed E-state index contributed by atoms with van der Waals surface area (Å²) in [7, 11) is 0. The predicted octanol–water partition coefficient (Wildman–Crippen LogP) is 0.325. The van der Waals surface area contributed by atoms with Crippen LogP contribution < -0.4 is 0 Å². The maximum absolute atomic E-state index is 12.1. The Labute approximate surface area is 215 Å². The molecule has 1 aromatic rings. The van der Waals surface area contributed by atoms with Gasteiger partial charge in [-0.1, -0.05) is 55.5 Å². The third-order valence-electron chi connectivity index (χ3n) is 9.88. The molecule has 0 radical (unpaired) electrons. The standard InChI is InChI=1S/C28H36O9/c1-13(2)20-17-11-15(4)27-18-10-14(3)22(30)26(18,34)24(32)25(33,12-29)23(31)19(27)21(17)36-28(35-20,37-27)16-8-6-5-7-9-16/h5-10,15,17-24,29-34H,1,11-12H2,2-4H3/t15-,17?,18?,19?,20?,21+,22+,23+,24-,25+,26-,27+,28+/m1/s1. The third-order valence-corrected chi connectivity index (χ3v) is 9.88. The van der Waals surface area contributed by atoms with Gasteiger partial charge in [0.25, 0.3) is 0 Å². The van der Waals surface area contributed by atoms with E-state index in [1.807, 2.05) is 32.0 Å². The molecule has 9 heteroatoms. The second-order valence-electron chi connectivity index (χ2n) is 11.8. The van der Waals surface area contributed by atoms with Crippen molar-refractivity contribution in [2.45, 2.75) is 80.5 Å². The van der Waals surface area contributed by atoms with E-state index in [0.717, 1.165) is 5.57 Å². The Bertz CT molecular complexity index is 1140. The first kappa shape index (κ1) is 25.6. The summed E-state index contributed by atoms with van der Waals surface area (Å²) in [6.45, 7) is 8.50. The van der Waals surface area contributed by atoms with E-state index in [0.29, 0.717) is 17.6 Å². The SMILES string of the molecule is C=C(C)C1O[C@@]2(c3ccccc3)O[C@H]3C1C[C@@H](C)[C@@]1(O2)C3[C@H](O)[C@@](O)(CO)[C@@H](O)[C@@]2(O)C1C=C(C)[C@@H]2O. The first-order valence-electron chi connectivity index (χ1n) is 12.9. The van der Waals surface area contributed by atoms with Gasteiger partial charge in [-0.05, 0) is 31.8 Å². The van der Waals surface area contributed by atoms with Crippen LogP contribution in [0.2, 0.25) is 0 Å². The first-order chi connectivity index (χ1) is 17.4. The summed E-state index contributed by atoms with van der Waals surface area (Å²) in [5, 5.41) is 68.5. The van der Waals surface area contributed by atoms with E-state index >= 15 is 0 Å². The lowest BCUT2D eigenvalue weighted by atomic mass is 9.54. The smallest absolute Gasteiger partial charge is 0.313 e. The van der Waals surface area contributed by atoms with Crippen LogP contribution in [-0.4, -0.2) is 84.6 Å². The van der Waals surface area contributed by atoms with Crippen LogP contribution in [0.1, 0.15) is 32.8 Å². The monoisotopic (exact) mass is 516 g/mol. The van der Waals surface area contributed by atoms with Crippen molar-refractivity contribution in [1.82, 2.24) is 0 Å². The van der Waals surface area contributed by atoms with E-state index in [9.17, 15) is 30.6 Å². The Morgan fingerprint density at radius 1 is 1.11 bits per heavy atom. The zero-order chi connectivity index (χ0) is 26.7. The van der Waals surface area contributed by atoms with Crippen molar-refractivity contribution in [3.8, 4) is 0 Å². The second-order valence-corrected chi connectivity index (χ2v) is 11.8. The van der Waals surface area contributed by atoms with E-state index in [4.69, 9.17) is 14.2 Å². The number of fused-ring (bicyclic) bond motifs is 2. The summed E-state index contributed by atoms with van der Waals surface area (Å²) >= 11 is 0. The number of aliphatic hydroxyl groups excluding tert-OH is 4. The lowest BCUT2D eigenvalue weighted by Gasteiger charge is -2.68. The molecule has 4 fully saturated rings. The van der Waals surface area contributed by atoms with Crippen LogP contribution in [-0.2, 0) is 20.2 Å². The molecule has 2 aliphatic heterocycles. The molecule has 3 bridgehead atoms. The van der Waals surface area contributed by atoms with E-state index in [2.05, 4.69) is 6.58 Å². The van der Waals surface area contributed by atoms with Gasteiger partial charge in [-0.15, -0.1) is 0 Å². The van der Waals surface area contributed by atoms with Crippen LogP contribution in [0.5, 0.6) is 0 Å². The van der Waals surface area contributed by atoms with E-state index in [1.54, 1.807) is 25.1 Å². The molecular formula is C28H36O9. The molecule has 13 atom stereocenters. The van der Waals surface area contributed by atoms with Gasteiger partial charge in [0, 0.05) is 23.3 Å². The van der Waals surface area contributed by atoms with Crippen molar-refractivity contribution >= 4 is 0 Å². The number of rotatable bonds is 3. The second kappa shape index (κ2) is 7.94. The molecule has 2 heterocycles. The Hall–Kier alpha value is -1.66. The highest BCUT2D eigenvalue weighted by molar-refractivity contribution is 5.38. The predicted molar refractivity (Wildman–Crippen MR) is 130 cm³/mol. The Balaban J connectivity index is 1.66. The summed E-state index contributed by atoms with van der Waals surface area (Å²) in [6.07, 6.45) is -4.53. The van der Waals surface area contributed by atoms with Crippen molar-refractivity contribution in [3.05, 3.63) is 59.7 Å². The summed E-state index contributed by atoms with van der Waals surface area (Å²) in [6, 6.07) is 9.09. The Morgan fingerprint density at radius 2 is 1.78 bits per heavy atom. The summed E-state index contributed by atoms with van der Waals surface area (Å²) < 4.78 is 20.1. The fourth-order valence-corrected chi connectivity index (χ4v) is 8.14. The molecular weight excluding hydrogens is 480 g/mol. The van der Waals surface area contributed by atoms with Crippen molar-refractivity contribution in [2.24, 2.45) is 23.7 Å². The van der Waals surface area contributed by atoms with Crippen LogP contribution in [0.25, 0.3) is 0 Å². The highest BCUT2D eigenvalue weighted by Gasteiger charge is 2.80. The molecule has 5 aliphatic rings. The van der Waals surface area contributed by atoms with Gasteiger partial charge in [0.15, 0.2) is 0 Å². The minimum Gasteiger partial charge on any atom is -0.393 e. The highest BCUT2D eigenvalue weighted by Crippen LogP contribution is 2.68. The van der Waals surface area contributed by atoms with E-state index < -0.39 is 71.7 Å². The van der Waals surface area contributed by atoms with Crippen molar-refractivity contribution in [1.29, 1.82) is 0 Å². The minimum absolute atomic E-state index is 0.288. The van der Waals surface area contributed by atoms with Gasteiger partial charge < -0.3 is 44.8 Å². The number of hydrogen-bond donors (Lipinski definition) is 6. The topological polar surface area (TPSA) is 149 Å². The van der Waals surface area contributed by atoms with Crippen LogP contribution in [0.4, 0.5) is 0 Å². The van der Waals surface area contributed by atoms with Crippen molar-refractivity contribution < 1.29 is 44.8 Å². The molecule has 4 unspecified atom stereocenters. The van der Waals surface area contributed by atoms with Gasteiger partial charge in [0.1, 0.15) is 23.4 Å². The zero-order valence-electron chi connectivity index (χ0n) is 21.2. The molecule has 0 amide bonds. The first-order valence-corrected chi connectivity index (χ1v) is 12.9. The average Bonchev–Trinajstić information content (AvgIpc) is 3.10. The molecule has 0 spiro atoms. The van der Waals surface area contributed by atoms with E-state index in [-0.39, 0.29) is 11.8 Å². The van der Waals surface area contributed by atoms with Gasteiger partial charge >= 0.3 is 5.97 Å². The molecule has 1 aromatic carbocycles. The quantitative estimate of drug-likeness (QED) is 0.313. The average molecular weight is 517 g/mol. The molecule has 9 nitrogen and oxygen atoms in total. The molecule has 202 valence electrons. The maximum atomic E-state index is 12.1. The van der Waals surface area contributed by atoms with Gasteiger partial charge in [-0.3, -0.25) is 0 Å². The molecule has 2 saturated heterocycles. The number of benzene rings is 1. The maximum Gasteiger partial charge on any atom is 0.313 e. The van der Waals surface area contributed by atoms with Crippen molar-refractivity contribution in [2.75, 3.05) is 6.61 Å². The Kier molecular flexibility index (Phi) is 5.49. The molecule has 0 aromatic heterocycles. The number of ether oxygens (including phenoxy) is 3. The van der Waals surface area contributed by atoms with Gasteiger partial charge in [0.2, 0.25) is 0 Å². The normalized spacial score (nSPS) is 54.2. The largest absolute Gasteiger partial charge is 0.393 e. The van der Waals surface area contributed by atoms with E-state index in [1.165, 1.54) is 0 Å². The zero-order valence-corrected chi connectivity index (χ0v) is 21.2. The Morgan fingerprint density at radius 3 is 2.41 bits per heavy atom. The molecule has 6 rings (SSSR count). The highest BCUT2D eigenvalue weighted by atomic mass is 16.9. The fraction of sp³-hybridized carbons (Fsp3) is 0.643. The lowest BCUT2D eigenvalue weighted by molar-refractivity contribution is -0.544. The summed E-state index contributed by atoms with van der Waals surface area (Å²) in [5.41, 5.74) is -4.69. The van der Waals surface area contributed by atoms with Crippen LogP contribution in [0.15, 0.2) is 54.1 Å². The molecule has 3 aliphatic carbocycles. The summed E-state index contributed by atoms with van der Waals surface area (Å²) in [5.74, 6) is -4.45. The summed E-state index contributed by atoms with van der Waals surface area (Å²) in [4.78, 5) is 0. The molecule has 6 N–H and O–H groups in total. The van der Waals surface area contributed by atoms with Gasteiger partial charge in [0.05, 0.1) is 30.5 Å². The van der Waals surface area contributed by atoms with Crippen molar-refractivity contribution in [3.63, 3.8) is 0 Å². The number of aliphatic hydroxyl groups is 6. The number of hydrogen-bond acceptors (Lipinski definition) is 9. The fourth-order valence-electron chi connectivity index (χ4n) is 8.14.